The van der Waals surface area contributed by atoms with Gasteiger partial charge in [0.1, 0.15) is 0 Å². The van der Waals surface area contributed by atoms with Crippen LogP contribution in [0.25, 0.3) is 0 Å². The lowest BCUT2D eigenvalue weighted by Crippen LogP contribution is -2.45. The number of hydrogen-bond donors (Lipinski definition) is 3. The van der Waals surface area contributed by atoms with Gasteiger partial charge < -0.3 is 20.3 Å². The maximum Gasteiger partial charge on any atom is 0.305 e. The molecule has 412 valence electrons. The fourth-order valence-corrected chi connectivity index (χ4v) is 9.63. The van der Waals surface area contributed by atoms with Crippen LogP contribution < -0.4 is 5.32 Å². The van der Waals surface area contributed by atoms with Gasteiger partial charge in [0.25, 0.3) is 0 Å². The highest BCUT2D eigenvalue weighted by Crippen LogP contribution is 2.17. The zero-order valence-electron chi connectivity index (χ0n) is 47.0. The number of aliphatic hydroxyl groups excluding tert-OH is 2. The van der Waals surface area contributed by atoms with Gasteiger partial charge in [0, 0.05) is 12.8 Å². The van der Waals surface area contributed by atoms with Crippen molar-refractivity contribution in [3.05, 3.63) is 36.5 Å². The van der Waals surface area contributed by atoms with Crippen LogP contribution in [-0.2, 0) is 14.3 Å². The Bertz CT molecular complexity index is 1130. The van der Waals surface area contributed by atoms with Gasteiger partial charge >= 0.3 is 5.97 Å². The highest BCUT2D eigenvalue weighted by molar-refractivity contribution is 5.76. The molecule has 0 spiro atoms. The zero-order chi connectivity index (χ0) is 50.7. The average Bonchev–Trinajstić information content (AvgIpc) is 3.36. The second-order valence-electron chi connectivity index (χ2n) is 21.4. The smallest absolute Gasteiger partial charge is 0.305 e. The van der Waals surface area contributed by atoms with Crippen molar-refractivity contribution in [2.45, 2.75) is 347 Å². The first-order chi connectivity index (χ1) is 34.5. The van der Waals surface area contributed by atoms with E-state index >= 15 is 0 Å². The molecule has 6 nitrogen and oxygen atoms in total. The predicted molar refractivity (Wildman–Crippen MR) is 306 cm³/mol. The summed E-state index contributed by atoms with van der Waals surface area (Å²) in [5.74, 6) is -0.106. The summed E-state index contributed by atoms with van der Waals surface area (Å²) in [7, 11) is 0. The highest BCUT2D eigenvalue weighted by atomic mass is 16.5. The van der Waals surface area contributed by atoms with E-state index in [0.717, 1.165) is 77.0 Å². The summed E-state index contributed by atoms with van der Waals surface area (Å²) < 4.78 is 5.47. The summed E-state index contributed by atoms with van der Waals surface area (Å²) in [5, 5.41) is 23.2. The maximum absolute atomic E-state index is 12.5. The number of ether oxygens (including phenoxy) is 1. The van der Waals surface area contributed by atoms with Gasteiger partial charge in [-0.25, -0.2) is 0 Å². The highest BCUT2D eigenvalue weighted by Gasteiger charge is 2.18. The Morgan fingerprint density at radius 2 is 0.700 bits per heavy atom. The van der Waals surface area contributed by atoms with Crippen molar-refractivity contribution in [3.63, 3.8) is 0 Å². The van der Waals surface area contributed by atoms with Gasteiger partial charge in [0.2, 0.25) is 5.91 Å². The summed E-state index contributed by atoms with van der Waals surface area (Å²) in [4.78, 5) is 24.6. The lowest BCUT2D eigenvalue weighted by atomic mass is 10.0. The Morgan fingerprint density at radius 3 is 1.06 bits per heavy atom. The SMILES string of the molecule is CCCCCCCCCCCCCCCCCCCC/C=C/C(O)C(CO)NC(=O)CCCCCCCC/C=C\C=C/CCCCCOC(=O)CCCCCCCCCCCCCCCCCCCC. The summed E-state index contributed by atoms with van der Waals surface area (Å²) in [6.07, 6.45) is 74.7. The molecule has 0 heterocycles. The molecule has 0 saturated carbocycles. The standard InChI is InChI=1S/C64H121NO5/c1-3-5-7-9-11-13-15-17-19-21-23-24-25-28-32-36-40-44-48-52-56-62(67)61(60-66)65-63(68)57-53-49-45-41-37-33-29-27-31-35-39-43-47-51-55-59-70-64(69)58-54-50-46-42-38-34-30-26-22-20-18-16-14-12-10-8-6-4-2/h27,31,35,39,52,56,61-62,66-67H,3-26,28-30,32-34,36-38,40-51,53-55,57-60H2,1-2H3,(H,65,68)/b31-27-,39-35-,56-52+. The van der Waals surface area contributed by atoms with Crippen molar-refractivity contribution in [1.29, 1.82) is 0 Å². The second kappa shape index (κ2) is 59.6. The van der Waals surface area contributed by atoms with Crippen molar-refractivity contribution >= 4 is 11.9 Å². The van der Waals surface area contributed by atoms with Crippen LogP contribution in [0.2, 0.25) is 0 Å². The van der Waals surface area contributed by atoms with E-state index in [0.29, 0.717) is 19.4 Å². The molecule has 0 radical (unpaired) electrons. The van der Waals surface area contributed by atoms with E-state index in [-0.39, 0.29) is 18.5 Å². The summed E-state index contributed by atoms with van der Waals surface area (Å²) in [5.41, 5.74) is 0. The van der Waals surface area contributed by atoms with Crippen LogP contribution in [0.5, 0.6) is 0 Å². The first-order valence-electron chi connectivity index (χ1n) is 31.3. The molecule has 6 heteroatoms. The van der Waals surface area contributed by atoms with Crippen LogP contribution in [-0.4, -0.2) is 47.4 Å². The number of allylic oxidation sites excluding steroid dienone is 5. The molecule has 0 aliphatic carbocycles. The maximum atomic E-state index is 12.5. The monoisotopic (exact) mass is 984 g/mol. The molecule has 2 atom stereocenters. The van der Waals surface area contributed by atoms with Crippen LogP contribution in [0.1, 0.15) is 335 Å². The van der Waals surface area contributed by atoms with Crippen molar-refractivity contribution in [2.75, 3.05) is 13.2 Å². The van der Waals surface area contributed by atoms with Gasteiger partial charge in [-0.2, -0.15) is 0 Å². The van der Waals surface area contributed by atoms with Gasteiger partial charge in [-0.05, 0) is 64.2 Å². The van der Waals surface area contributed by atoms with E-state index in [1.165, 1.54) is 231 Å². The van der Waals surface area contributed by atoms with E-state index < -0.39 is 12.1 Å². The molecule has 0 aliphatic heterocycles. The molecule has 0 bridgehead atoms. The fraction of sp³-hybridized carbons (Fsp3) is 0.875. The minimum absolute atomic E-state index is 0.0181. The molecule has 2 unspecified atom stereocenters. The molecule has 0 saturated heterocycles. The van der Waals surface area contributed by atoms with Crippen molar-refractivity contribution in [3.8, 4) is 0 Å². The Kier molecular flexibility index (Phi) is 58.0. The number of rotatable bonds is 58. The molecule has 0 rings (SSSR count). The number of hydrogen-bond acceptors (Lipinski definition) is 5. The molecular formula is C64H121NO5. The second-order valence-corrected chi connectivity index (χ2v) is 21.4. The Hall–Kier alpha value is -1.92. The van der Waals surface area contributed by atoms with Gasteiger partial charge in [0.15, 0.2) is 0 Å². The van der Waals surface area contributed by atoms with Crippen LogP contribution >= 0.6 is 0 Å². The molecular weight excluding hydrogens is 863 g/mol. The number of nitrogens with one attached hydrogen (secondary N) is 1. The summed E-state index contributed by atoms with van der Waals surface area (Å²) >= 11 is 0. The van der Waals surface area contributed by atoms with Gasteiger partial charge in [-0.1, -0.05) is 294 Å². The van der Waals surface area contributed by atoms with E-state index in [9.17, 15) is 19.8 Å². The zero-order valence-corrected chi connectivity index (χ0v) is 47.0. The quantitative estimate of drug-likeness (QED) is 0.0244. The minimum Gasteiger partial charge on any atom is -0.466 e. The molecule has 0 aromatic carbocycles. The third-order valence-electron chi connectivity index (χ3n) is 14.4. The van der Waals surface area contributed by atoms with Crippen LogP contribution in [0.15, 0.2) is 36.5 Å². The van der Waals surface area contributed by atoms with Gasteiger partial charge in [-0.15, -0.1) is 0 Å². The number of aliphatic hydroxyl groups is 2. The average molecular weight is 985 g/mol. The number of unbranched alkanes of at least 4 members (excludes halogenated alkanes) is 44. The Morgan fingerprint density at radius 1 is 0.400 bits per heavy atom. The third-order valence-corrected chi connectivity index (χ3v) is 14.4. The lowest BCUT2D eigenvalue weighted by molar-refractivity contribution is -0.143. The normalized spacial score (nSPS) is 12.8. The number of esters is 1. The topological polar surface area (TPSA) is 95.9 Å². The van der Waals surface area contributed by atoms with E-state index in [2.05, 4.69) is 43.5 Å². The number of carbonyl (C=O) groups excluding carboxylic acids is 2. The van der Waals surface area contributed by atoms with E-state index in [4.69, 9.17) is 4.74 Å². The predicted octanol–water partition coefficient (Wildman–Crippen LogP) is 19.6. The molecule has 0 fully saturated rings. The van der Waals surface area contributed by atoms with Crippen LogP contribution in [0.3, 0.4) is 0 Å². The lowest BCUT2D eigenvalue weighted by Gasteiger charge is -2.20. The molecule has 1 amide bonds. The Labute approximate surface area is 436 Å². The van der Waals surface area contributed by atoms with E-state index in [1.807, 2.05) is 6.08 Å². The van der Waals surface area contributed by atoms with Gasteiger partial charge in [-0.3, -0.25) is 9.59 Å². The Balaban J connectivity index is 3.52. The molecule has 0 aromatic heterocycles. The third kappa shape index (κ3) is 55.4. The summed E-state index contributed by atoms with van der Waals surface area (Å²) in [6, 6.07) is -0.645. The van der Waals surface area contributed by atoms with Crippen LogP contribution in [0, 0.1) is 0 Å². The van der Waals surface area contributed by atoms with E-state index in [1.54, 1.807) is 6.08 Å². The van der Waals surface area contributed by atoms with Crippen molar-refractivity contribution < 1.29 is 24.5 Å². The number of carbonyl (C=O) groups is 2. The minimum atomic E-state index is -0.860. The molecule has 0 aromatic rings. The number of amides is 1. The van der Waals surface area contributed by atoms with Gasteiger partial charge in [0.05, 0.1) is 25.4 Å². The molecule has 0 aliphatic rings. The van der Waals surface area contributed by atoms with Crippen LogP contribution in [0.4, 0.5) is 0 Å². The van der Waals surface area contributed by atoms with Crippen molar-refractivity contribution in [2.24, 2.45) is 0 Å². The molecule has 3 N–H and O–H groups in total. The van der Waals surface area contributed by atoms with Crippen molar-refractivity contribution in [1.82, 2.24) is 5.32 Å². The first kappa shape index (κ1) is 68.1. The molecule has 70 heavy (non-hydrogen) atoms. The largest absolute Gasteiger partial charge is 0.466 e. The summed E-state index contributed by atoms with van der Waals surface area (Å²) in [6.45, 7) is 4.87. The first-order valence-corrected chi connectivity index (χ1v) is 31.3. The fourth-order valence-electron chi connectivity index (χ4n) is 9.63.